The van der Waals surface area contributed by atoms with Crippen molar-refractivity contribution in [1.29, 1.82) is 0 Å². The van der Waals surface area contributed by atoms with Gasteiger partial charge in [0.05, 0.1) is 5.92 Å². The van der Waals surface area contributed by atoms with Crippen molar-refractivity contribution < 1.29 is 9.90 Å². The molecule has 0 bridgehead atoms. The molecule has 1 aliphatic carbocycles. The monoisotopic (exact) mass is 162 g/mol. The second-order valence-corrected chi connectivity index (χ2v) is 2.78. The number of rotatable bonds is 2. The molecule has 0 aromatic heterocycles. The highest BCUT2D eigenvalue weighted by molar-refractivity contribution is 5.61. The number of aldehydes is 1. The van der Waals surface area contributed by atoms with Gasteiger partial charge >= 0.3 is 0 Å². The summed E-state index contributed by atoms with van der Waals surface area (Å²) in [6.07, 6.45) is 12.6. The Morgan fingerprint density at radius 3 is 3.00 bits per heavy atom. The predicted octanol–water partition coefficient (Wildman–Crippen LogP) is 0.682. The Morgan fingerprint density at radius 1 is 1.67 bits per heavy atom. The van der Waals surface area contributed by atoms with Crippen molar-refractivity contribution in [3.8, 4) is 12.3 Å². The predicted molar refractivity (Wildman–Crippen MR) is 46.2 cm³/mol. The first-order chi connectivity index (χ1) is 5.73. The lowest BCUT2D eigenvalue weighted by molar-refractivity contribution is -0.114. The van der Waals surface area contributed by atoms with Crippen molar-refractivity contribution >= 4 is 6.29 Å². The molecule has 0 saturated carbocycles. The van der Waals surface area contributed by atoms with E-state index in [-0.39, 0.29) is 6.42 Å². The van der Waals surface area contributed by atoms with Crippen LogP contribution >= 0.6 is 0 Å². The van der Waals surface area contributed by atoms with E-state index < -0.39 is 11.5 Å². The summed E-state index contributed by atoms with van der Waals surface area (Å²) in [4.78, 5) is 10.5. The normalized spacial score (nSPS) is 32.8. The van der Waals surface area contributed by atoms with Gasteiger partial charge in [0, 0.05) is 6.42 Å². The first-order valence-electron chi connectivity index (χ1n) is 3.70. The second kappa shape index (κ2) is 3.38. The fourth-order valence-electron chi connectivity index (χ4n) is 1.19. The number of aliphatic hydroxyl groups is 1. The number of hydrogen-bond donors (Lipinski definition) is 1. The summed E-state index contributed by atoms with van der Waals surface area (Å²) in [6, 6.07) is 0. The highest BCUT2D eigenvalue weighted by Crippen LogP contribution is 2.25. The third kappa shape index (κ3) is 1.46. The molecule has 1 N–H and O–H groups in total. The Labute approximate surface area is 71.6 Å². The lowest BCUT2D eigenvalue weighted by Crippen LogP contribution is -2.36. The van der Waals surface area contributed by atoms with Gasteiger partial charge in [-0.05, 0) is 0 Å². The minimum Gasteiger partial charge on any atom is -0.384 e. The van der Waals surface area contributed by atoms with Gasteiger partial charge in [-0.3, -0.25) is 0 Å². The number of terminal acetylenes is 1. The fourth-order valence-corrected chi connectivity index (χ4v) is 1.19. The van der Waals surface area contributed by atoms with E-state index in [9.17, 15) is 9.90 Å². The summed E-state index contributed by atoms with van der Waals surface area (Å²) in [7, 11) is 0. The average molecular weight is 162 g/mol. The highest BCUT2D eigenvalue weighted by Gasteiger charge is 2.32. The first kappa shape index (κ1) is 8.76. The molecule has 2 heteroatoms. The minimum atomic E-state index is -1.18. The summed E-state index contributed by atoms with van der Waals surface area (Å²) in [5.41, 5.74) is -1.18. The van der Waals surface area contributed by atoms with E-state index in [0.717, 1.165) is 0 Å². The Morgan fingerprint density at radius 2 is 2.42 bits per heavy atom. The molecule has 1 aliphatic rings. The van der Waals surface area contributed by atoms with Gasteiger partial charge in [-0.1, -0.05) is 24.3 Å². The third-order valence-corrected chi connectivity index (χ3v) is 1.92. The lowest BCUT2D eigenvalue weighted by Gasteiger charge is -2.28. The molecule has 0 heterocycles. The molecular formula is C10H10O2. The van der Waals surface area contributed by atoms with Gasteiger partial charge in [0.25, 0.3) is 0 Å². The molecular weight excluding hydrogens is 152 g/mol. The number of carbonyl (C=O) groups is 1. The Hall–Kier alpha value is -1.33. The number of carbonyl (C=O) groups excluding carboxylic acids is 1. The van der Waals surface area contributed by atoms with Crippen LogP contribution in [0.5, 0.6) is 0 Å². The maximum atomic E-state index is 10.5. The van der Waals surface area contributed by atoms with E-state index in [2.05, 4.69) is 5.92 Å². The zero-order valence-electron chi connectivity index (χ0n) is 6.60. The topological polar surface area (TPSA) is 37.3 Å². The van der Waals surface area contributed by atoms with Crippen molar-refractivity contribution in [1.82, 2.24) is 0 Å². The summed E-state index contributed by atoms with van der Waals surface area (Å²) in [5, 5.41) is 9.82. The van der Waals surface area contributed by atoms with Gasteiger partial charge < -0.3 is 9.90 Å². The molecule has 0 aromatic carbocycles. The maximum absolute atomic E-state index is 10.5. The minimum absolute atomic E-state index is 0.164. The summed E-state index contributed by atoms with van der Waals surface area (Å²) < 4.78 is 0. The molecule has 0 aliphatic heterocycles. The van der Waals surface area contributed by atoms with Gasteiger partial charge in [0.2, 0.25) is 0 Å². The molecule has 0 spiro atoms. The molecule has 2 atom stereocenters. The smallest absolute Gasteiger partial charge is 0.130 e. The van der Waals surface area contributed by atoms with Crippen LogP contribution in [0.3, 0.4) is 0 Å². The largest absolute Gasteiger partial charge is 0.384 e. The molecule has 12 heavy (non-hydrogen) atoms. The molecule has 62 valence electrons. The number of allylic oxidation sites excluding steroid dienone is 2. The lowest BCUT2D eigenvalue weighted by atomic mass is 9.82. The summed E-state index contributed by atoms with van der Waals surface area (Å²) >= 11 is 0. The highest BCUT2D eigenvalue weighted by atomic mass is 16.3. The van der Waals surface area contributed by atoms with Gasteiger partial charge in [-0.15, -0.1) is 12.3 Å². The first-order valence-corrected chi connectivity index (χ1v) is 3.70. The van der Waals surface area contributed by atoms with Crippen LogP contribution in [0.1, 0.15) is 6.42 Å². The molecule has 0 amide bonds. The Balaban J connectivity index is 2.87. The Kier molecular flexibility index (Phi) is 2.47. The molecule has 0 fully saturated rings. The SMILES string of the molecule is C#CCC1(O)C=CC=CC1C=O. The van der Waals surface area contributed by atoms with Crippen LogP contribution < -0.4 is 0 Å². The molecule has 0 saturated heterocycles. The molecule has 0 radical (unpaired) electrons. The van der Waals surface area contributed by atoms with Crippen LogP contribution in [-0.2, 0) is 4.79 Å². The molecule has 2 nitrogen and oxygen atoms in total. The van der Waals surface area contributed by atoms with Gasteiger partial charge in [0.15, 0.2) is 0 Å². The molecule has 2 unspecified atom stereocenters. The van der Waals surface area contributed by atoms with Crippen LogP contribution in [-0.4, -0.2) is 17.0 Å². The van der Waals surface area contributed by atoms with Crippen molar-refractivity contribution in [3.05, 3.63) is 24.3 Å². The standard InChI is InChI=1S/C10H10O2/c1-2-6-10(12)7-4-3-5-9(10)8-11/h1,3-5,7-9,12H,6H2. The molecule has 0 aromatic rings. The summed E-state index contributed by atoms with van der Waals surface area (Å²) in [6.45, 7) is 0. The molecule has 1 rings (SSSR count). The Bertz CT molecular complexity index is 270. The summed E-state index contributed by atoms with van der Waals surface area (Å²) in [5.74, 6) is 1.83. The fraction of sp³-hybridized carbons (Fsp3) is 0.300. The van der Waals surface area contributed by atoms with E-state index in [1.165, 1.54) is 0 Å². The second-order valence-electron chi connectivity index (χ2n) is 2.78. The maximum Gasteiger partial charge on any atom is 0.130 e. The van der Waals surface area contributed by atoms with Crippen molar-refractivity contribution in [2.75, 3.05) is 0 Å². The van der Waals surface area contributed by atoms with E-state index >= 15 is 0 Å². The van der Waals surface area contributed by atoms with Crippen LogP contribution in [0.4, 0.5) is 0 Å². The zero-order valence-corrected chi connectivity index (χ0v) is 6.60. The van der Waals surface area contributed by atoms with Crippen LogP contribution in [0.15, 0.2) is 24.3 Å². The quantitative estimate of drug-likeness (QED) is 0.479. The van der Waals surface area contributed by atoms with E-state index in [0.29, 0.717) is 6.29 Å². The van der Waals surface area contributed by atoms with Crippen molar-refractivity contribution in [3.63, 3.8) is 0 Å². The van der Waals surface area contributed by atoms with Crippen LogP contribution in [0.25, 0.3) is 0 Å². The third-order valence-electron chi connectivity index (χ3n) is 1.92. The van der Waals surface area contributed by atoms with Crippen LogP contribution in [0.2, 0.25) is 0 Å². The van der Waals surface area contributed by atoms with Gasteiger partial charge in [-0.25, -0.2) is 0 Å². The van der Waals surface area contributed by atoms with E-state index in [1.807, 2.05) is 0 Å². The van der Waals surface area contributed by atoms with Crippen molar-refractivity contribution in [2.24, 2.45) is 5.92 Å². The zero-order chi connectivity index (χ0) is 9.03. The van der Waals surface area contributed by atoms with Crippen molar-refractivity contribution in [2.45, 2.75) is 12.0 Å². The van der Waals surface area contributed by atoms with E-state index in [4.69, 9.17) is 6.42 Å². The average Bonchev–Trinajstić information content (AvgIpc) is 2.05. The number of hydrogen-bond acceptors (Lipinski definition) is 2. The van der Waals surface area contributed by atoms with Crippen LogP contribution in [0, 0.1) is 18.3 Å². The van der Waals surface area contributed by atoms with Gasteiger partial charge in [0.1, 0.15) is 11.9 Å². The van der Waals surface area contributed by atoms with Gasteiger partial charge in [-0.2, -0.15) is 0 Å². The van der Waals surface area contributed by atoms with E-state index in [1.54, 1.807) is 24.3 Å².